The van der Waals surface area contributed by atoms with E-state index in [-0.39, 0.29) is 6.04 Å². The molecule has 0 saturated heterocycles. The van der Waals surface area contributed by atoms with Gasteiger partial charge in [0, 0.05) is 35.3 Å². The van der Waals surface area contributed by atoms with Crippen LogP contribution in [0.4, 0.5) is 0 Å². The van der Waals surface area contributed by atoms with Gasteiger partial charge in [-0.2, -0.15) is 0 Å². The second-order valence-electron chi connectivity index (χ2n) is 5.32. The molecule has 5 nitrogen and oxygen atoms in total. The first-order valence-corrected chi connectivity index (χ1v) is 7.39. The number of aromatic nitrogens is 1. The van der Waals surface area contributed by atoms with Crippen LogP contribution in [0.5, 0.6) is 0 Å². The normalized spacial score (nSPS) is 12.1. The van der Waals surface area contributed by atoms with Crippen LogP contribution in [0.2, 0.25) is 0 Å². The minimum absolute atomic E-state index is 0.199. The number of hydrogen-bond donors (Lipinski definition) is 2. The molecule has 120 valence electrons. The third-order valence-electron chi connectivity index (χ3n) is 3.28. The van der Waals surface area contributed by atoms with Gasteiger partial charge >= 0.3 is 5.97 Å². The number of aliphatic imine (C=N–C) groups is 1. The molecule has 0 aliphatic rings. The van der Waals surface area contributed by atoms with Crippen molar-refractivity contribution >= 4 is 17.9 Å². The average molecular weight is 311 g/mol. The molecule has 0 unspecified atom stereocenters. The monoisotopic (exact) mass is 311 g/mol. The lowest BCUT2D eigenvalue weighted by Gasteiger charge is -2.07. The van der Waals surface area contributed by atoms with E-state index in [4.69, 9.17) is 10.5 Å². The fourth-order valence-electron chi connectivity index (χ4n) is 2.20. The Labute approximate surface area is 135 Å². The summed E-state index contributed by atoms with van der Waals surface area (Å²) in [5.74, 6) is -0.432. The van der Waals surface area contributed by atoms with Crippen molar-refractivity contribution in [3.63, 3.8) is 0 Å². The highest BCUT2D eigenvalue weighted by atomic mass is 16.5. The topological polar surface area (TPSA) is 80.5 Å². The predicted octanol–water partition coefficient (Wildman–Crippen LogP) is 3.25. The molecular weight excluding hydrogens is 290 g/mol. The summed E-state index contributed by atoms with van der Waals surface area (Å²) in [6, 6.07) is 9.79. The molecule has 1 aromatic heterocycles. The minimum atomic E-state index is -0.432. The second kappa shape index (κ2) is 7.45. The summed E-state index contributed by atoms with van der Waals surface area (Å²) in [4.78, 5) is 19.2. The Morgan fingerprint density at radius 2 is 2.00 bits per heavy atom. The van der Waals surface area contributed by atoms with E-state index in [0.717, 1.165) is 16.7 Å². The van der Waals surface area contributed by atoms with E-state index in [1.165, 1.54) is 7.11 Å². The van der Waals surface area contributed by atoms with Crippen molar-refractivity contribution < 1.29 is 9.53 Å². The van der Waals surface area contributed by atoms with Gasteiger partial charge in [-0.05, 0) is 25.5 Å². The molecule has 0 spiro atoms. The van der Waals surface area contributed by atoms with Crippen LogP contribution in [-0.4, -0.2) is 30.3 Å². The van der Waals surface area contributed by atoms with Gasteiger partial charge in [-0.25, -0.2) is 4.79 Å². The first-order chi connectivity index (χ1) is 11.0. The van der Waals surface area contributed by atoms with Crippen molar-refractivity contribution in [2.24, 2.45) is 10.7 Å². The molecule has 0 aliphatic heterocycles. The van der Waals surface area contributed by atoms with Gasteiger partial charge in [-0.15, -0.1) is 0 Å². The highest BCUT2D eigenvalue weighted by molar-refractivity contribution is 6.00. The van der Waals surface area contributed by atoms with Crippen molar-refractivity contribution in [2.45, 2.75) is 19.9 Å². The quantitative estimate of drug-likeness (QED) is 0.657. The van der Waals surface area contributed by atoms with Crippen LogP contribution >= 0.6 is 0 Å². The molecule has 2 aromatic rings. The number of esters is 1. The lowest BCUT2D eigenvalue weighted by atomic mass is 9.99. The van der Waals surface area contributed by atoms with E-state index >= 15 is 0 Å². The van der Waals surface area contributed by atoms with E-state index in [0.29, 0.717) is 11.4 Å². The van der Waals surface area contributed by atoms with Crippen LogP contribution in [0.15, 0.2) is 47.6 Å². The molecule has 2 rings (SSSR count). The number of aromatic amines is 1. The molecule has 0 aliphatic carbocycles. The molecule has 0 amide bonds. The predicted molar refractivity (Wildman–Crippen MR) is 93.4 cm³/mol. The number of nitrogens with one attached hydrogen (secondary N) is 1. The van der Waals surface area contributed by atoms with Crippen LogP contribution < -0.4 is 5.73 Å². The van der Waals surface area contributed by atoms with E-state index in [2.05, 4.69) is 9.98 Å². The summed E-state index contributed by atoms with van der Waals surface area (Å²) < 4.78 is 4.85. The van der Waals surface area contributed by atoms with Crippen LogP contribution in [0.1, 0.15) is 29.9 Å². The van der Waals surface area contributed by atoms with Gasteiger partial charge in [-0.3, -0.25) is 4.99 Å². The third kappa shape index (κ3) is 3.88. The van der Waals surface area contributed by atoms with E-state index in [1.807, 2.05) is 44.2 Å². The van der Waals surface area contributed by atoms with Gasteiger partial charge < -0.3 is 15.5 Å². The Kier molecular flexibility index (Phi) is 5.36. The summed E-state index contributed by atoms with van der Waals surface area (Å²) >= 11 is 0. The van der Waals surface area contributed by atoms with E-state index in [1.54, 1.807) is 18.5 Å². The molecule has 23 heavy (non-hydrogen) atoms. The highest BCUT2D eigenvalue weighted by Crippen LogP contribution is 2.30. The number of carbonyl (C=O) groups is 1. The molecule has 1 heterocycles. The number of carbonyl (C=O) groups excluding carboxylic acids is 1. The fraction of sp³-hybridized carbons (Fsp3) is 0.222. The van der Waals surface area contributed by atoms with Crippen molar-refractivity contribution in [3.8, 4) is 11.1 Å². The maximum absolute atomic E-state index is 12.0. The molecular formula is C18H21N3O2. The lowest BCUT2D eigenvalue weighted by molar-refractivity contribution is 0.0595. The smallest absolute Gasteiger partial charge is 0.355 e. The second-order valence-corrected chi connectivity index (χ2v) is 5.32. The van der Waals surface area contributed by atoms with Gasteiger partial charge in [0.15, 0.2) is 0 Å². The van der Waals surface area contributed by atoms with E-state index in [9.17, 15) is 4.79 Å². The zero-order chi connectivity index (χ0) is 16.8. The Morgan fingerprint density at radius 1 is 1.30 bits per heavy atom. The first-order valence-electron chi connectivity index (χ1n) is 7.39. The van der Waals surface area contributed by atoms with Crippen molar-refractivity contribution in [1.29, 1.82) is 0 Å². The van der Waals surface area contributed by atoms with Crippen LogP contribution in [0.25, 0.3) is 16.8 Å². The maximum Gasteiger partial charge on any atom is 0.355 e. The van der Waals surface area contributed by atoms with Gasteiger partial charge in [-0.1, -0.05) is 30.3 Å². The number of hydrogen-bond acceptors (Lipinski definition) is 4. The SMILES string of the molecule is COC(=O)c1[nH]cc(/C(N)=C/C=NC(C)C)c1-c1ccccc1. The van der Waals surface area contributed by atoms with Gasteiger partial charge in [0.25, 0.3) is 0 Å². The molecule has 0 fully saturated rings. The molecule has 0 bridgehead atoms. The van der Waals surface area contributed by atoms with Gasteiger partial charge in [0.1, 0.15) is 5.69 Å². The third-order valence-corrected chi connectivity index (χ3v) is 3.28. The number of rotatable bonds is 5. The Hall–Kier alpha value is -2.82. The summed E-state index contributed by atoms with van der Waals surface area (Å²) in [6.45, 7) is 3.98. The molecule has 0 radical (unpaired) electrons. The van der Waals surface area contributed by atoms with Crippen molar-refractivity contribution in [2.75, 3.05) is 7.11 Å². The Morgan fingerprint density at radius 3 is 2.61 bits per heavy atom. The standard InChI is InChI=1S/C18H21N3O2/c1-12(2)20-10-9-15(19)14-11-21-17(18(22)23-3)16(14)13-7-5-4-6-8-13/h4-12,21H,19H2,1-3H3/b15-9-,20-10?. The number of ether oxygens (including phenoxy) is 1. The molecule has 3 N–H and O–H groups in total. The number of nitrogens with two attached hydrogens (primary N) is 1. The zero-order valence-corrected chi connectivity index (χ0v) is 13.5. The largest absolute Gasteiger partial charge is 0.464 e. The summed E-state index contributed by atoms with van der Waals surface area (Å²) in [7, 11) is 1.35. The van der Waals surface area contributed by atoms with Crippen molar-refractivity contribution in [3.05, 3.63) is 53.9 Å². The van der Waals surface area contributed by atoms with Gasteiger partial charge in [0.2, 0.25) is 0 Å². The Balaban J connectivity index is 2.53. The summed E-state index contributed by atoms with van der Waals surface area (Å²) in [5.41, 5.74) is 9.44. The van der Waals surface area contributed by atoms with Crippen LogP contribution in [0.3, 0.4) is 0 Å². The number of nitrogens with zero attached hydrogens (tertiary/aromatic N) is 1. The Bertz CT molecular complexity index is 728. The highest BCUT2D eigenvalue weighted by Gasteiger charge is 2.20. The minimum Gasteiger partial charge on any atom is -0.464 e. The number of H-pyrrole nitrogens is 1. The molecule has 0 saturated carbocycles. The maximum atomic E-state index is 12.0. The lowest BCUT2D eigenvalue weighted by Crippen LogP contribution is -2.04. The fourth-order valence-corrected chi connectivity index (χ4v) is 2.20. The number of methoxy groups -OCH3 is 1. The van der Waals surface area contributed by atoms with Crippen molar-refractivity contribution in [1.82, 2.24) is 4.98 Å². The first kappa shape index (κ1) is 16.5. The molecule has 1 aromatic carbocycles. The van der Waals surface area contributed by atoms with Crippen LogP contribution in [0, 0.1) is 0 Å². The summed E-state index contributed by atoms with van der Waals surface area (Å²) in [6.07, 6.45) is 5.12. The zero-order valence-electron chi connectivity index (χ0n) is 13.5. The summed E-state index contributed by atoms with van der Waals surface area (Å²) in [5, 5.41) is 0. The number of allylic oxidation sites excluding steroid dienone is 1. The van der Waals surface area contributed by atoms with E-state index < -0.39 is 5.97 Å². The number of benzene rings is 1. The van der Waals surface area contributed by atoms with Crippen LogP contribution in [-0.2, 0) is 4.74 Å². The molecule has 0 atom stereocenters. The van der Waals surface area contributed by atoms with Gasteiger partial charge in [0.05, 0.1) is 7.11 Å². The molecule has 5 heteroatoms. The average Bonchev–Trinajstić information content (AvgIpc) is 2.99.